The summed E-state index contributed by atoms with van der Waals surface area (Å²) in [5.74, 6) is 1.59. The first-order valence-electron chi connectivity index (χ1n) is 9.71. The zero-order chi connectivity index (χ0) is 22.7. The van der Waals surface area contributed by atoms with Crippen molar-refractivity contribution in [2.24, 2.45) is 0 Å². The molecule has 2 aromatic carbocycles. The fraction of sp³-hybridized carbons (Fsp3) is 0.174. The molecule has 4 rings (SSSR count). The number of carbonyl (C=O) groups excluding carboxylic acids is 1. The van der Waals surface area contributed by atoms with E-state index in [2.05, 4.69) is 10.2 Å². The maximum Gasteiger partial charge on any atom is 0.373 e. The summed E-state index contributed by atoms with van der Waals surface area (Å²) in [7, 11) is 2.94. The van der Waals surface area contributed by atoms with E-state index < -0.39 is 5.97 Å². The molecule has 0 spiro atoms. The van der Waals surface area contributed by atoms with Crippen LogP contribution in [-0.4, -0.2) is 35.0 Å². The van der Waals surface area contributed by atoms with Gasteiger partial charge in [0.25, 0.3) is 0 Å². The molecule has 0 aliphatic rings. The van der Waals surface area contributed by atoms with E-state index in [1.54, 1.807) is 19.2 Å². The monoisotopic (exact) mass is 469 g/mol. The van der Waals surface area contributed by atoms with E-state index in [1.807, 2.05) is 60.0 Å². The molecule has 0 fully saturated rings. The van der Waals surface area contributed by atoms with Gasteiger partial charge in [0.05, 0.1) is 25.0 Å². The first kappa shape index (κ1) is 22.0. The van der Waals surface area contributed by atoms with Crippen LogP contribution < -0.4 is 4.74 Å². The number of rotatable bonds is 7. The number of benzene rings is 2. The molecule has 0 saturated carbocycles. The van der Waals surface area contributed by atoms with Gasteiger partial charge in [0.15, 0.2) is 11.0 Å². The van der Waals surface area contributed by atoms with Gasteiger partial charge in [-0.05, 0) is 55.5 Å². The van der Waals surface area contributed by atoms with Gasteiger partial charge in [0.2, 0.25) is 5.76 Å². The van der Waals surface area contributed by atoms with Crippen LogP contribution in [0.3, 0.4) is 0 Å². The predicted molar refractivity (Wildman–Crippen MR) is 123 cm³/mol. The molecular weight excluding hydrogens is 450 g/mol. The Morgan fingerprint density at radius 3 is 2.53 bits per heavy atom. The number of esters is 1. The van der Waals surface area contributed by atoms with Crippen molar-refractivity contribution in [3.05, 3.63) is 77.2 Å². The van der Waals surface area contributed by atoms with E-state index in [1.165, 1.54) is 18.9 Å². The molecule has 0 unspecified atom stereocenters. The summed E-state index contributed by atoms with van der Waals surface area (Å²) in [6.45, 7) is 1.97. The van der Waals surface area contributed by atoms with Crippen LogP contribution in [0.2, 0.25) is 5.02 Å². The fourth-order valence-electron chi connectivity index (χ4n) is 3.17. The summed E-state index contributed by atoms with van der Waals surface area (Å²) in [6, 6.07) is 18.4. The van der Waals surface area contributed by atoms with Crippen LogP contribution in [0.25, 0.3) is 17.1 Å². The van der Waals surface area contributed by atoms with Gasteiger partial charge in [-0.25, -0.2) is 4.79 Å². The SMILES string of the molecule is COC(=O)c1ccc([C@H](C)Sc2nnc(-c3ccccc3OC)n2-c2ccc(Cl)cc2)o1. The van der Waals surface area contributed by atoms with Gasteiger partial charge in [-0.15, -0.1) is 10.2 Å². The Hall–Kier alpha value is -3.23. The molecule has 7 nitrogen and oxygen atoms in total. The number of nitrogens with zero attached hydrogens (tertiary/aromatic N) is 3. The van der Waals surface area contributed by atoms with E-state index in [-0.39, 0.29) is 11.0 Å². The number of hydrogen-bond donors (Lipinski definition) is 0. The van der Waals surface area contributed by atoms with Crippen LogP contribution in [0.1, 0.15) is 28.5 Å². The van der Waals surface area contributed by atoms with Gasteiger partial charge < -0.3 is 13.9 Å². The average Bonchev–Trinajstić information content (AvgIpc) is 3.47. The minimum Gasteiger partial charge on any atom is -0.496 e. The molecule has 0 aliphatic heterocycles. The topological polar surface area (TPSA) is 79.4 Å². The molecule has 0 saturated heterocycles. The summed E-state index contributed by atoms with van der Waals surface area (Å²) >= 11 is 7.56. The zero-order valence-electron chi connectivity index (χ0n) is 17.6. The molecule has 0 N–H and O–H groups in total. The van der Waals surface area contributed by atoms with E-state index in [9.17, 15) is 4.79 Å². The Morgan fingerprint density at radius 2 is 1.81 bits per heavy atom. The minimum absolute atomic E-state index is 0.144. The van der Waals surface area contributed by atoms with Crippen LogP contribution in [0.15, 0.2) is 70.2 Å². The lowest BCUT2D eigenvalue weighted by Gasteiger charge is -2.14. The average molecular weight is 470 g/mol. The molecule has 4 aromatic rings. The van der Waals surface area contributed by atoms with Crippen molar-refractivity contribution in [1.82, 2.24) is 14.8 Å². The highest BCUT2D eigenvalue weighted by Crippen LogP contribution is 2.39. The number of carbonyl (C=O) groups is 1. The minimum atomic E-state index is -0.517. The molecule has 9 heteroatoms. The summed E-state index contributed by atoms with van der Waals surface area (Å²) in [4.78, 5) is 11.7. The summed E-state index contributed by atoms with van der Waals surface area (Å²) < 4.78 is 17.9. The normalized spacial score (nSPS) is 11.9. The van der Waals surface area contributed by atoms with Gasteiger partial charge in [-0.1, -0.05) is 35.5 Å². The number of methoxy groups -OCH3 is 2. The second-order valence-corrected chi connectivity index (χ2v) is 8.52. The van der Waals surface area contributed by atoms with Gasteiger partial charge in [-0.2, -0.15) is 0 Å². The third-order valence-electron chi connectivity index (χ3n) is 4.76. The molecular formula is C23H20ClN3O4S. The number of furan rings is 1. The fourth-order valence-corrected chi connectivity index (χ4v) is 4.24. The second-order valence-electron chi connectivity index (χ2n) is 6.77. The Balaban J connectivity index is 1.75. The lowest BCUT2D eigenvalue weighted by molar-refractivity contribution is 0.0563. The molecule has 32 heavy (non-hydrogen) atoms. The number of thioether (sulfide) groups is 1. The third-order valence-corrected chi connectivity index (χ3v) is 6.08. The van der Waals surface area contributed by atoms with Crippen LogP contribution >= 0.6 is 23.4 Å². The van der Waals surface area contributed by atoms with E-state index in [4.69, 9.17) is 25.5 Å². The van der Waals surface area contributed by atoms with E-state index in [0.29, 0.717) is 27.5 Å². The Morgan fingerprint density at radius 1 is 1.06 bits per heavy atom. The lowest BCUT2D eigenvalue weighted by atomic mass is 10.2. The van der Waals surface area contributed by atoms with Crippen molar-refractivity contribution in [2.45, 2.75) is 17.3 Å². The van der Waals surface area contributed by atoms with Crippen molar-refractivity contribution < 1.29 is 18.7 Å². The number of ether oxygens (including phenoxy) is 2. The smallest absolute Gasteiger partial charge is 0.373 e. The van der Waals surface area contributed by atoms with Crippen molar-refractivity contribution >= 4 is 29.3 Å². The maximum absolute atomic E-state index is 11.7. The Labute approximate surface area is 194 Å². The second kappa shape index (κ2) is 9.50. The van der Waals surface area contributed by atoms with Crippen molar-refractivity contribution in [2.75, 3.05) is 14.2 Å². The van der Waals surface area contributed by atoms with E-state index in [0.717, 1.165) is 11.3 Å². The first-order chi connectivity index (χ1) is 15.5. The molecule has 0 aliphatic carbocycles. The summed E-state index contributed by atoms with van der Waals surface area (Å²) in [5, 5.41) is 10.0. The van der Waals surface area contributed by atoms with Crippen molar-refractivity contribution in [1.29, 1.82) is 0 Å². The van der Waals surface area contributed by atoms with Crippen LogP contribution in [0.5, 0.6) is 5.75 Å². The third kappa shape index (κ3) is 4.37. The highest BCUT2D eigenvalue weighted by molar-refractivity contribution is 7.99. The number of hydrogen-bond acceptors (Lipinski definition) is 7. The summed E-state index contributed by atoms with van der Waals surface area (Å²) in [6.07, 6.45) is 0. The molecule has 0 bridgehead atoms. The molecule has 0 radical (unpaired) electrons. The highest BCUT2D eigenvalue weighted by atomic mass is 35.5. The number of aromatic nitrogens is 3. The van der Waals surface area contributed by atoms with Crippen LogP contribution in [0, 0.1) is 0 Å². The zero-order valence-corrected chi connectivity index (χ0v) is 19.2. The molecule has 2 aromatic heterocycles. The number of para-hydroxylation sites is 1. The van der Waals surface area contributed by atoms with E-state index >= 15 is 0 Å². The largest absolute Gasteiger partial charge is 0.496 e. The van der Waals surface area contributed by atoms with Crippen LogP contribution in [-0.2, 0) is 4.74 Å². The first-order valence-corrected chi connectivity index (χ1v) is 11.0. The summed E-state index contributed by atoms with van der Waals surface area (Å²) in [5.41, 5.74) is 1.66. The Bertz CT molecular complexity index is 1240. The Kier molecular flexibility index (Phi) is 6.53. The predicted octanol–water partition coefficient (Wildman–Crippen LogP) is 5.83. The molecule has 164 valence electrons. The quantitative estimate of drug-likeness (QED) is 0.249. The van der Waals surface area contributed by atoms with Crippen molar-refractivity contribution in [3.8, 4) is 22.8 Å². The molecule has 2 heterocycles. The lowest BCUT2D eigenvalue weighted by Crippen LogP contribution is -2.01. The molecule has 1 atom stereocenters. The molecule has 0 amide bonds. The van der Waals surface area contributed by atoms with Crippen LogP contribution in [0.4, 0.5) is 0 Å². The van der Waals surface area contributed by atoms with Gasteiger partial charge in [0, 0.05) is 10.7 Å². The maximum atomic E-state index is 11.7. The van der Waals surface area contributed by atoms with Gasteiger partial charge >= 0.3 is 5.97 Å². The standard InChI is InChI=1S/C23H20ClN3O4S/c1-14(18-12-13-20(31-18)22(28)30-3)32-23-26-25-21(17-6-4-5-7-19(17)29-2)27(23)16-10-8-15(24)9-11-16/h4-14H,1-3H3/t14-/m0/s1. The van der Waals surface area contributed by atoms with Crippen molar-refractivity contribution in [3.63, 3.8) is 0 Å². The van der Waals surface area contributed by atoms with Gasteiger partial charge in [0.1, 0.15) is 11.5 Å². The number of halogens is 1. The van der Waals surface area contributed by atoms with Gasteiger partial charge in [-0.3, -0.25) is 4.57 Å². The highest BCUT2D eigenvalue weighted by Gasteiger charge is 2.23.